The first-order valence-corrected chi connectivity index (χ1v) is 5.54. The first kappa shape index (κ1) is 12.1. The normalized spacial score (nSPS) is 9.83. The Bertz CT molecular complexity index is 582. The molecule has 3 nitrogen and oxygen atoms in total. The molecule has 4 heteroatoms. The van der Waals surface area contributed by atoms with Gasteiger partial charge in [0.05, 0.1) is 0 Å². The van der Waals surface area contributed by atoms with Gasteiger partial charge in [0.1, 0.15) is 17.6 Å². The van der Waals surface area contributed by atoms with Gasteiger partial charge in [-0.1, -0.05) is 6.07 Å². The summed E-state index contributed by atoms with van der Waals surface area (Å²) in [5.41, 5.74) is 2.73. The molecular formula is C14H12FN3. The smallest absolute Gasteiger partial charge is 0.145 e. The lowest BCUT2D eigenvalue weighted by Gasteiger charge is -2.08. The van der Waals surface area contributed by atoms with Crippen LogP contribution in [-0.4, -0.2) is 4.98 Å². The average molecular weight is 241 g/mol. The summed E-state index contributed by atoms with van der Waals surface area (Å²) in [5.74, 6) is -0.274. The number of aromatic nitrogens is 1. The van der Waals surface area contributed by atoms with Crippen molar-refractivity contribution in [3.63, 3.8) is 0 Å². The summed E-state index contributed by atoms with van der Waals surface area (Å²) in [6.45, 7) is 2.28. The van der Waals surface area contributed by atoms with Crippen molar-refractivity contribution in [1.29, 1.82) is 5.26 Å². The van der Waals surface area contributed by atoms with E-state index in [2.05, 4.69) is 10.3 Å². The molecule has 0 radical (unpaired) electrons. The zero-order valence-corrected chi connectivity index (χ0v) is 9.94. The molecule has 0 saturated carbocycles. The van der Waals surface area contributed by atoms with E-state index in [0.717, 1.165) is 11.1 Å². The highest BCUT2D eigenvalue weighted by Gasteiger charge is 2.03. The Morgan fingerprint density at radius 1 is 1.39 bits per heavy atom. The predicted molar refractivity (Wildman–Crippen MR) is 67.4 cm³/mol. The van der Waals surface area contributed by atoms with E-state index in [1.807, 2.05) is 25.1 Å². The molecule has 18 heavy (non-hydrogen) atoms. The predicted octanol–water partition coefficient (Wildman–Crippen LogP) is 3.01. The second-order valence-corrected chi connectivity index (χ2v) is 3.99. The van der Waals surface area contributed by atoms with Gasteiger partial charge in [-0.25, -0.2) is 9.37 Å². The van der Waals surface area contributed by atoms with Gasteiger partial charge >= 0.3 is 0 Å². The first-order chi connectivity index (χ1) is 8.69. The quantitative estimate of drug-likeness (QED) is 0.898. The van der Waals surface area contributed by atoms with E-state index in [0.29, 0.717) is 17.9 Å². The van der Waals surface area contributed by atoms with Gasteiger partial charge < -0.3 is 5.32 Å². The third kappa shape index (κ3) is 2.83. The third-order valence-corrected chi connectivity index (χ3v) is 2.52. The molecule has 1 aromatic heterocycles. The molecule has 0 aliphatic rings. The van der Waals surface area contributed by atoms with Gasteiger partial charge in [0.25, 0.3) is 0 Å². The second-order valence-electron chi connectivity index (χ2n) is 3.99. The second kappa shape index (κ2) is 5.28. The lowest BCUT2D eigenvalue weighted by molar-refractivity contribution is 0.627. The number of hydrogen-bond acceptors (Lipinski definition) is 3. The molecule has 0 aliphatic heterocycles. The summed E-state index contributed by atoms with van der Waals surface area (Å²) in [4.78, 5) is 3.97. The molecule has 2 aromatic rings. The van der Waals surface area contributed by atoms with Crippen molar-refractivity contribution < 1.29 is 4.39 Å². The highest BCUT2D eigenvalue weighted by Crippen LogP contribution is 2.15. The summed E-state index contributed by atoms with van der Waals surface area (Å²) < 4.78 is 13.2. The number of pyridine rings is 1. The molecule has 1 heterocycles. The minimum atomic E-state index is -0.274. The molecule has 0 unspecified atom stereocenters. The zero-order valence-electron chi connectivity index (χ0n) is 9.94. The van der Waals surface area contributed by atoms with Crippen LogP contribution in [-0.2, 0) is 6.54 Å². The van der Waals surface area contributed by atoms with E-state index >= 15 is 0 Å². The average Bonchev–Trinajstić information content (AvgIpc) is 2.35. The number of aryl methyl sites for hydroxylation is 1. The van der Waals surface area contributed by atoms with E-state index in [4.69, 9.17) is 5.26 Å². The fourth-order valence-electron chi connectivity index (χ4n) is 1.72. The van der Waals surface area contributed by atoms with Crippen molar-refractivity contribution in [3.8, 4) is 6.07 Å². The highest BCUT2D eigenvalue weighted by molar-refractivity contribution is 5.47. The lowest BCUT2D eigenvalue weighted by Crippen LogP contribution is -2.03. The molecule has 0 aliphatic carbocycles. The Morgan fingerprint density at radius 2 is 2.22 bits per heavy atom. The van der Waals surface area contributed by atoms with Crippen molar-refractivity contribution in [2.45, 2.75) is 13.5 Å². The number of benzene rings is 1. The van der Waals surface area contributed by atoms with Gasteiger partial charge in [0, 0.05) is 24.0 Å². The van der Waals surface area contributed by atoms with Crippen LogP contribution >= 0.6 is 0 Å². The van der Waals surface area contributed by atoms with Crippen LogP contribution in [0.4, 0.5) is 10.1 Å². The summed E-state index contributed by atoms with van der Waals surface area (Å²) in [5, 5.41) is 12.0. The molecule has 90 valence electrons. The molecule has 0 saturated heterocycles. The van der Waals surface area contributed by atoms with E-state index in [-0.39, 0.29) is 5.82 Å². The number of halogens is 1. The molecule has 2 rings (SSSR count). The van der Waals surface area contributed by atoms with Crippen LogP contribution in [0, 0.1) is 24.1 Å². The first-order valence-electron chi connectivity index (χ1n) is 5.54. The van der Waals surface area contributed by atoms with Crippen molar-refractivity contribution in [1.82, 2.24) is 4.98 Å². The van der Waals surface area contributed by atoms with Crippen LogP contribution < -0.4 is 5.32 Å². The van der Waals surface area contributed by atoms with Gasteiger partial charge in [0.15, 0.2) is 0 Å². The van der Waals surface area contributed by atoms with E-state index < -0.39 is 0 Å². The van der Waals surface area contributed by atoms with Crippen LogP contribution in [0.15, 0.2) is 36.5 Å². The van der Waals surface area contributed by atoms with Crippen molar-refractivity contribution in [2.24, 2.45) is 0 Å². The van der Waals surface area contributed by atoms with E-state index in [1.54, 1.807) is 12.3 Å². The Morgan fingerprint density at radius 3 is 2.94 bits per heavy atom. The van der Waals surface area contributed by atoms with Crippen LogP contribution in [0.2, 0.25) is 0 Å². The van der Waals surface area contributed by atoms with Crippen molar-refractivity contribution in [2.75, 3.05) is 5.32 Å². The number of rotatable bonds is 3. The Kier molecular flexibility index (Phi) is 3.54. The van der Waals surface area contributed by atoms with Crippen LogP contribution in [0.1, 0.15) is 16.8 Å². The molecule has 0 spiro atoms. The lowest BCUT2D eigenvalue weighted by atomic mass is 10.2. The molecule has 0 amide bonds. The molecule has 0 fully saturated rings. The monoisotopic (exact) mass is 241 g/mol. The van der Waals surface area contributed by atoms with Gasteiger partial charge in [-0.3, -0.25) is 0 Å². The van der Waals surface area contributed by atoms with Gasteiger partial charge in [-0.05, 0) is 36.8 Å². The maximum absolute atomic E-state index is 13.2. The fourth-order valence-corrected chi connectivity index (χ4v) is 1.72. The molecular weight excluding hydrogens is 229 g/mol. The highest BCUT2D eigenvalue weighted by atomic mass is 19.1. The Balaban J connectivity index is 2.14. The standard InChI is InChI=1S/C14H12FN3/c1-10-5-12(15)7-13(6-10)18-9-11-3-2-4-17-14(11)8-16/h2-7,18H,9H2,1H3. The topological polar surface area (TPSA) is 48.7 Å². The fraction of sp³-hybridized carbons (Fsp3) is 0.143. The van der Waals surface area contributed by atoms with Crippen LogP contribution in [0.5, 0.6) is 0 Å². The SMILES string of the molecule is Cc1cc(F)cc(NCc2cccnc2C#N)c1. The van der Waals surface area contributed by atoms with Crippen molar-refractivity contribution in [3.05, 3.63) is 59.2 Å². The number of anilines is 1. The number of nitriles is 1. The Hall–Kier alpha value is -2.41. The minimum absolute atomic E-state index is 0.274. The number of hydrogen-bond donors (Lipinski definition) is 1. The van der Waals surface area contributed by atoms with Crippen LogP contribution in [0.3, 0.4) is 0 Å². The molecule has 0 atom stereocenters. The number of nitrogens with zero attached hydrogens (tertiary/aromatic N) is 2. The van der Waals surface area contributed by atoms with E-state index in [9.17, 15) is 4.39 Å². The van der Waals surface area contributed by atoms with Crippen molar-refractivity contribution >= 4 is 5.69 Å². The summed E-state index contributed by atoms with van der Waals surface area (Å²) >= 11 is 0. The maximum atomic E-state index is 13.2. The minimum Gasteiger partial charge on any atom is -0.381 e. The summed E-state index contributed by atoms with van der Waals surface area (Å²) in [7, 11) is 0. The van der Waals surface area contributed by atoms with Gasteiger partial charge in [0.2, 0.25) is 0 Å². The summed E-state index contributed by atoms with van der Waals surface area (Å²) in [6.07, 6.45) is 1.58. The number of nitrogens with one attached hydrogen (secondary N) is 1. The molecule has 0 bridgehead atoms. The zero-order chi connectivity index (χ0) is 13.0. The molecule has 1 N–H and O–H groups in total. The molecule has 1 aromatic carbocycles. The largest absolute Gasteiger partial charge is 0.381 e. The third-order valence-electron chi connectivity index (χ3n) is 2.52. The summed E-state index contributed by atoms with van der Waals surface area (Å²) in [6, 6.07) is 10.4. The Labute approximate surface area is 105 Å². The van der Waals surface area contributed by atoms with Gasteiger partial charge in [-0.2, -0.15) is 5.26 Å². The van der Waals surface area contributed by atoms with Crippen LogP contribution in [0.25, 0.3) is 0 Å². The van der Waals surface area contributed by atoms with Gasteiger partial charge in [-0.15, -0.1) is 0 Å². The van der Waals surface area contributed by atoms with E-state index in [1.165, 1.54) is 12.1 Å². The maximum Gasteiger partial charge on any atom is 0.145 e.